The van der Waals surface area contributed by atoms with Gasteiger partial charge in [-0.25, -0.2) is 13.1 Å². The Hall–Kier alpha value is -3.29. The summed E-state index contributed by atoms with van der Waals surface area (Å²) in [7, 11) is -3.71. The van der Waals surface area contributed by atoms with E-state index in [9.17, 15) is 18.0 Å². The molecule has 0 unspecified atom stereocenters. The molecule has 7 heteroatoms. The molecule has 0 saturated heterocycles. The molecule has 3 rings (SSSR count). The third-order valence-electron chi connectivity index (χ3n) is 4.95. The first-order chi connectivity index (χ1) is 14.8. The molecule has 0 aromatic heterocycles. The lowest BCUT2D eigenvalue weighted by molar-refractivity contribution is 0.0950. The van der Waals surface area contributed by atoms with Gasteiger partial charge in [0.05, 0.1) is 4.90 Å². The average Bonchev–Trinajstić information content (AvgIpc) is 2.77. The summed E-state index contributed by atoms with van der Waals surface area (Å²) < 4.78 is 27.4. The van der Waals surface area contributed by atoms with Gasteiger partial charge in [-0.2, -0.15) is 0 Å². The van der Waals surface area contributed by atoms with Crippen molar-refractivity contribution >= 4 is 21.7 Å². The number of benzene rings is 3. The molecular weight excluding hydrogens is 412 g/mol. The van der Waals surface area contributed by atoms with Gasteiger partial charge < -0.3 is 5.32 Å². The van der Waals surface area contributed by atoms with Crippen LogP contribution in [-0.2, 0) is 23.1 Å². The normalized spacial score (nSPS) is 11.2. The molecule has 3 aromatic carbocycles. The first-order valence-electron chi connectivity index (χ1n) is 9.78. The van der Waals surface area contributed by atoms with Gasteiger partial charge in [0.25, 0.3) is 5.91 Å². The minimum absolute atomic E-state index is 0.0852. The van der Waals surface area contributed by atoms with Crippen LogP contribution in [0.15, 0.2) is 77.7 Å². The molecule has 0 bridgehead atoms. The van der Waals surface area contributed by atoms with Gasteiger partial charge in [-0.15, -0.1) is 0 Å². The third kappa shape index (κ3) is 5.87. The predicted molar refractivity (Wildman–Crippen MR) is 119 cm³/mol. The number of aryl methyl sites for hydroxylation is 1. The van der Waals surface area contributed by atoms with Crippen LogP contribution in [0.4, 0.5) is 0 Å². The maximum absolute atomic E-state index is 12.4. The van der Waals surface area contributed by atoms with E-state index in [1.165, 1.54) is 31.2 Å². The number of carbonyl (C=O) groups excluding carboxylic acids is 2. The molecule has 0 aliphatic heterocycles. The molecule has 3 aromatic rings. The molecule has 0 atom stereocenters. The molecular formula is C24H24N2O4S. The van der Waals surface area contributed by atoms with Crippen molar-refractivity contribution in [2.24, 2.45) is 0 Å². The standard InChI is InChI=1S/C24H24N2O4S/c1-17-5-3-4-6-22(17)16-25-24(28)21-9-7-19(8-10-21)15-26-31(29,30)23-13-11-20(12-14-23)18(2)27/h3-14,26H,15-16H2,1-2H3,(H,25,28). The topological polar surface area (TPSA) is 92.3 Å². The van der Waals surface area contributed by atoms with Crippen LogP contribution in [0.1, 0.15) is 44.3 Å². The largest absolute Gasteiger partial charge is 0.348 e. The second-order valence-corrected chi connectivity index (χ2v) is 8.98. The molecule has 0 heterocycles. The van der Waals surface area contributed by atoms with E-state index in [4.69, 9.17) is 0 Å². The Labute approximate surface area is 182 Å². The van der Waals surface area contributed by atoms with Crippen molar-refractivity contribution in [3.63, 3.8) is 0 Å². The van der Waals surface area contributed by atoms with Crippen molar-refractivity contribution in [1.82, 2.24) is 10.0 Å². The average molecular weight is 437 g/mol. The smallest absolute Gasteiger partial charge is 0.251 e. The Morgan fingerprint density at radius 3 is 2.03 bits per heavy atom. The van der Waals surface area contributed by atoms with E-state index in [1.807, 2.05) is 31.2 Å². The number of nitrogens with one attached hydrogen (secondary N) is 2. The van der Waals surface area contributed by atoms with E-state index in [2.05, 4.69) is 10.0 Å². The fraction of sp³-hybridized carbons (Fsp3) is 0.167. The van der Waals surface area contributed by atoms with Crippen LogP contribution in [0.2, 0.25) is 0 Å². The summed E-state index contributed by atoms with van der Waals surface area (Å²) in [4.78, 5) is 23.8. The Balaban J connectivity index is 1.58. The van der Waals surface area contributed by atoms with Gasteiger partial charge >= 0.3 is 0 Å². The fourth-order valence-corrected chi connectivity index (χ4v) is 4.01. The molecule has 0 radical (unpaired) electrons. The lowest BCUT2D eigenvalue weighted by atomic mass is 10.1. The molecule has 0 aliphatic carbocycles. The van der Waals surface area contributed by atoms with Crippen molar-refractivity contribution in [2.45, 2.75) is 31.8 Å². The quantitative estimate of drug-likeness (QED) is 0.528. The molecule has 160 valence electrons. The van der Waals surface area contributed by atoms with E-state index in [0.29, 0.717) is 17.7 Å². The maximum Gasteiger partial charge on any atom is 0.251 e. The number of hydrogen-bond donors (Lipinski definition) is 2. The molecule has 2 N–H and O–H groups in total. The summed E-state index contributed by atoms with van der Waals surface area (Å²) in [6.07, 6.45) is 0. The van der Waals surface area contributed by atoms with Crippen molar-refractivity contribution in [3.8, 4) is 0 Å². The number of rotatable bonds is 8. The van der Waals surface area contributed by atoms with E-state index < -0.39 is 10.0 Å². The number of ketones is 1. The van der Waals surface area contributed by atoms with Gasteiger partial charge in [0.2, 0.25) is 10.0 Å². The summed E-state index contributed by atoms with van der Waals surface area (Å²) in [5.74, 6) is -0.319. The highest BCUT2D eigenvalue weighted by Gasteiger charge is 2.14. The van der Waals surface area contributed by atoms with E-state index >= 15 is 0 Å². The molecule has 0 spiro atoms. The monoisotopic (exact) mass is 436 g/mol. The maximum atomic E-state index is 12.4. The Morgan fingerprint density at radius 2 is 1.42 bits per heavy atom. The van der Waals surface area contributed by atoms with Crippen molar-refractivity contribution in [2.75, 3.05) is 0 Å². The highest BCUT2D eigenvalue weighted by atomic mass is 32.2. The summed E-state index contributed by atoms with van der Waals surface area (Å²) >= 11 is 0. The first-order valence-corrected chi connectivity index (χ1v) is 11.3. The summed E-state index contributed by atoms with van der Waals surface area (Å²) in [5.41, 5.74) is 3.84. The number of amides is 1. The molecule has 1 amide bonds. The second-order valence-electron chi connectivity index (χ2n) is 7.21. The van der Waals surface area contributed by atoms with Crippen LogP contribution in [0.5, 0.6) is 0 Å². The zero-order valence-electron chi connectivity index (χ0n) is 17.4. The SMILES string of the molecule is CC(=O)c1ccc(S(=O)(=O)NCc2ccc(C(=O)NCc3ccccc3C)cc2)cc1. The van der Waals surface area contributed by atoms with Crippen LogP contribution in [0.3, 0.4) is 0 Å². The van der Waals surface area contributed by atoms with Gasteiger partial charge in [0.1, 0.15) is 0 Å². The predicted octanol–water partition coefficient (Wildman–Crippen LogP) is 3.61. The first kappa shape index (κ1) is 22.4. The molecule has 0 aliphatic rings. The molecule has 6 nitrogen and oxygen atoms in total. The fourth-order valence-electron chi connectivity index (χ4n) is 2.99. The summed E-state index contributed by atoms with van der Waals surface area (Å²) in [6.45, 7) is 3.95. The van der Waals surface area contributed by atoms with Crippen molar-refractivity contribution < 1.29 is 18.0 Å². The number of carbonyl (C=O) groups is 2. The van der Waals surface area contributed by atoms with Gasteiger partial charge in [-0.05, 0) is 54.8 Å². The second kappa shape index (κ2) is 9.68. The Bertz CT molecular complexity index is 1190. The van der Waals surface area contributed by atoms with Crippen LogP contribution < -0.4 is 10.0 Å². The highest BCUT2D eigenvalue weighted by molar-refractivity contribution is 7.89. The lowest BCUT2D eigenvalue weighted by Gasteiger charge is -2.09. The molecule has 31 heavy (non-hydrogen) atoms. The van der Waals surface area contributed by atoms with Gasteiger partial charge in [-0.1, -0.05) is 48.5 Å². The number of hydrogen-bond acceptors (Lipinski definition) is 4. The van der Waals surface area contributed by atoms with E-state index in [1.54, 1.807) is 24.3 Å². The molecule has 0 saturated carbocycles. The van der Waals surface area contributed by atoms with Crippen molar-refractivity contribution in [1.29, 1.82) is 0 Å². The van der Waals surface area contributed by atoms with Gasteiger partial charge in [0.15, 0.2) is 5.78 Å². The highest BCUT2D eigenvalue weighted by Crippen LogP contribution is 2.13. The van der Waals surface area contributed by atoms with Crippen molar-refractivity contribution in [3.05, 3.63) is 101 Å². The van der Waals surface area contributed by atoms with Gasteiger partial charge in [-0.3, -0.25) is 9.59 Å². The summed E-state index contributed by atoms with van der Waals surface area (Å²) in [6, 6.07) is 20.4. The third-order valence-corrected chi connectivity index (χ3v) is 6.37. The minimum Gasteiger partial charge on any atom is -0.348 e. The zero-order valence-corrected chi connectivity index (χ0v) is 18.2. The van der Waals surface area contributed by atoms with Crippen LogP contribution >= 0.6 is 0 Å². The Kier molecular flexibility index (Phi) is 6.99. The van der Waals surface area contributed by atoms with Crippen LogP contribution in [-0.4, -0.2) is 20.1 Å². The minimum atomic E-state index is -3.71. The van der Waals surface area contributed by atoms with Crippen LogP contribution in [0.25, 0.3) is 0 Å². The van der Waals surface area contributed by atoms with Gasteiger partial charge in [0, 0.05) is 24.2 Å². The van der Waals surface area contributed by atoms with E-state index in [-0.39, 0.29) is 23.1 Å². The van der Waals surface area contributed by atoms with E-state index in [0.717, 1.165) is 16.7 Å². The lowest BCUT2D eigenvalue weighted by Crippen LogP contribution is -2.24. The van der Waals surface area contributed by atoms with Crippen LogP contribution in [0, 0.1) is 6.92 Å². The summed E-state index contributed by atoms with van der Waals surface area (Å²) in [5, 5.41) is 2.89. The molecule has 0 fully saturated rings. The number of sulfonamides is 1. The number of Topliss-reactive ketones (excluding diaryl/α,β-unsaturated/α-hetero) is 1. The zero-order chi connectivity index (χ0) is 22.4. The Morgan fingerprint density at radius 1 is 0.806 bits per heavy atom.